The van der Waals surface area contributed by atoms with Gasteiger partial charge in [0.25, 0.3) is 0 Å². The minimum Gasteiger partial charge on any atom is -0.328 e. The normalized spacial score (nSPS) is 10.3. The highest BCUT2D eigenvalue weighted by atomic mass is 79.9. The van der Waals surface area contributed by atoms with Crippen LogP contribution in [0.1, 0.15) is 19.0 Å². The van der Waals surface area contributed by atoms with E-state index in [0.717, 1.165) is 23.1 Å². The van der Waals surface area contributed by atoms with Gasteiger partial charge in [0, 0.05) is 7.05 Å². The molecule has 2 nitrogen and oxygen atoms in total. The van der Waals surface area contributed by atoms with Gasteiger partial charge in [0.1, 0.15) is 4.60 Å². The van der Waals surface area contributed by atoms with Crippen molar-refractivity contribution in [2.24, 2.45) is 7.05 Å². The van der Waals surface area contributed by atoms with E-state index in [4.69, 9.17) is 0 Å². The van der Waals surface area contributed by atoms with Crippen LogP contribution < -0.4 is 0 Å². The van der Waals surface area contributed by atoms with E-state index in [-0.39, 0.29) is 0 Å². The van der Waals surface area contributed by atoms with Gasteiger partial charge in [0.05, 0.1) is 12.0 Å². The number of rotatable bonds is 2. The van der Waals surface area contributed by atoms with Crippen LogP contribution in [0, 0.1) is 0 Å². The van der Waals surface area contributed by atoms with Gasteiger partial charge >= 0.3 is 0 Å². The van der Waals surface area contributed by atoms with E-state index in [1.54, 1.807) is 0 Å². The van der Waals surface area contributed by atoms with Gasteiger partial charge in [-0.15, -0.1) is 0 Å². The van der Waals surface area contributed by atoms with Crippen LogP contribution in [0.3, 0.4) is 0 Å². The Bertz CT molecular complexity index is 217. The van der Waals surface area contributed by atoms with E-state index in [0.29, 0.717) is 0 Å². The third-order valence-corrected chi connectivity index (χ3v) is 2.44. The highest BCUT2D eigenvalue weighted by Gasteiger charge is 2.02. The number of hydrogen-bond donors (Lipinski definition) is 0. The van der Waals surface area contributed by atoms with Crippen LogP contribution >= 0.6 is 15.9 Å². The van der Waals surface area contributed by atoms with Gasteiger partial charge in [-0.25, -0.2) is 4.98 Å². The van der Waals surface area contributed by atoms with Crippen molar-refractivity contribution in [1.29, 1.82) is 0 Å². The second-order valence-corrected chi connectivity index (χ2v) is 3.09. The summed E-state index contributed by atoms with van der Waals surface area (Å²) in [5.74, 6) is 0. The summed E-state index contributed by atoms with van der Waals surface area (Å²) < 4.78 is 3.08. The van der Waals surface area contributed by atoms with Crippen LogP contribution in [-0.2, 0) is 13.5 Å². The van der Waals surface area contributed by atoms with Gasteiger partial charge in [-0.05, 0) is 22.4 Å². The van der Waals surface area contributed by atoms with E-state index in [1.165, 1.54) is 0 Å². The maximum Gasteiger partial charge on any atom is 0.107 e. The summed E-state index contributed by atoms with van der Waals surface area (Å²) in [6.07, 6.45) is 4.03. The van der Waals surface area contributed by atoms with Crippen molar-refractivity contribution in [2.45, 2.75) is 19.8 Å². The zero-order valence-corrected chi connectivity index (χ0v) is 7.85. The fourth-order valence-corrected chi connectivity index (χ4v) is 1.26. The molecule has 0 unspecified atom stereocenters. The number of nitrogens with zero attached hydrogens (tertiary/aromatic N) is 2. The highest BCUT2D eigenvalue weighted by molar-refractivity contribution is 9.10. The van der Waals surface area contributed by atoms with Gasteiger partial charge in [0.2, 0.25) is 0 Å². The summed E-state index contributed by atoms with van der Waals surface area (Å²) >= 11 is 3.45. The van der Waals surface area contributed by atoms with E-state index >= 15 is 0 Å². The third kappa shape index (κ3) is 1.40. The molecular formula is C7H11BrN2. The summed E-state index contributed by atoms with van der Waals surface area (Å²) in [7, 11) is 1.98. The molecule has 0 aromatic carbocycles. The van der Waals surface area contributed by atoms with Crippen LogP contribution in [0.2, 0.25) is 0 Å². The fourth-order valence-electron chi connectivity index (χ4n) is 0.868. The lowest BCUT2D eigenvalue weighted by molar-refractivity contribution is 0.865. The lowest BCUT2D eigenvalue weighted by Crippen LogP contribution is -1.87. The number of hydrogen-bond acceptors (Lipinski definition) is 1. The van der Waals surface area contributed by atoms with Crippen molar-refractivity contribution in [3.8, 4) is 0 Å². The molecule has 0 N–H and O–H groups in total. The Hall–Kier alpha value is -0.310. The molecule has 0 bridgehead atoms. The third-order valence-electron chi connectivity index (χ3n) is 1.42. The topological polar surface area (TPSA) is 17.8 Å². The highest BCUT2D eigenvalue weighted by Crippen LogP contribution is 2.14. The van der Waals surface area contributed by atoms with Gasteiger partial charge in [-0.1, -0.05) is 13.3 Å². The Morgan fingerprint density at radius 2 is 2.40 bits per heavy atom. The van der Waals surface area contributed by atoms with Crippen LogP contribution in [0.5, 0.6) is 0 Å². The average molecular weight is 203 g/mol. The predicted octanol–water partition coefficient (Wildman–Crippen LogP) is 2.14. The largest absolute Gasteiger partial charge is 0.328 e. The molecule has 0 spiro atoms. The summed E-state index contributed by atoms with van der Waals surface area (Å²) in [6.45, 7) is 2.15. The van der Waals surface area contributed by atoms with E-state index in [1.807, 2.05) is 17.9 Å². The van der Waals surface area contributed by atoms with Crippen molar-refractivity contribution in [3.05, 3.63) is 16.6 Å². The molecule has 10 heavy (non-hydrogen) atoms. The average Bonchev–Trinajstić information content (AvgIpc) is 2.20. The molecule has 0 fully saturated rings. The molecule has 0 aliphatic heterocycles. The molecular weight excluding hydrogens is 192 g/mol. The zero-order valence-electron chi connectivity index (χ0n) is 6.26. The molecule has 1 rings (SSSR count). The maximum atomic E-state index is 4.22. The van der Waals surface area contributed by atoms with Gasteiger partial charge in [0.15, 0.2) is 0 Å². The Morgan fingerprint density at radius 1 is 1.70 bits per heavy atom. The number of halogens is 1. The molecule has 0 amide bonds. The summed E-state index contributed by atoms with van der Waals surface area (Å²) in [5, 5.41) is 0. The quantitative estimate of drug-likeness (QED) is 0.719. The molecule has 0 saturated carbocycles. The molecule has 1 aromatic heterocycles. The molecule has 1 aromatic rings. The molecule has 1 heterocycles. The fraction of sp³-hybridized carbons (Fsp3) is 0.571. The SMILES string of the molecule is CCCc1ncn(C)c1Br. The molecule has 3 heteroatoms. The van der Waals surface area contributed by atoms with Crippen molar-refractivity contribution >= 4 is 15.9 Å². The predicted molar refractivity (Wildman–Crippen MR) is 44.9 cm³/mol. The number of aryl methyl sites for hydroxylation is 2. The standard InChI is InChI=1S/C7H11BrN2/c1-3-4-6-7(8)10(2)5-9-6/h5H,3-4H2,1-2H3. The lowest BCUT2D eigenvalue weighted by atomic mass is 10.3. The lowest BCUT2D eigenvalue weighted by Gasteiger charge is -1.93. The Labute approximate surface area is 69.4 Å². The number of imidazole rings is 1. The maximum absolute atomic E-state index is 4.22. The Balaban J connectivity index is 2.83. The van der Waals surface area contributed by atoms with Crippen molar-refractivity contribution in [3.63, 3.8) is 0 Å². The summed E-state index contributed by atoms with van der Waals surface area (Å²) in [5.41, 5.74) is 1.16. The Morgan fingerprint density at radius 3 is 2.80 bits per heavy atom. The van der Waals surface area contributed by atoms with Crippen molar-refractivity contribution in [1.82, 2.24) is 9.55 Å². The monoisotopic (exact) mass is 202 g/mol. The molecule has 0 aliphatic carbocycles. The van der Waals surface area contributed by atoms with E-state index in [9.17, 15) is 0 Å². The number of aromatic nitrogens is 2. The van der Waals surface area contributed by atoms with Crippen LogP contribution in [-0.4, -0.2) is 9.55 Å². The Kier molecular flexibility index (Phi) is 2.49. The smallest absolute Gasteiger partial charge is 0.107 e. The van der Waals surface area contributed by atoms with Gasteiger partial charge in [-0.3, -0.25) is 0 Å². The van der Waals surface area contributed by atoms with Gasteiger partial charge in [-0.2, -0.15) is 0 Å². The second kappa shape index (κ2) is 3.19. The first kappa shape index (κ1) is 7.79. The first-order valence-corrected chi connectivity index (χ1v) is 4.20. The van der Waals surface area contributed by atoms with E-state index in [2.05, 4.69) is 27.8 Å². The first-order valence-electron chi connectivity index (χ1n) is 3.41. The van der Waals surface area contributed by atoms with Crippen molar-refractivity contribution in [2.75, 3.05) is 0 Å². The summed E-state index contributed by atoms with van der Waals surface area (Å²) in [4.78, 5) is 4.22. The summed E-state index contributed by atoms with van der Waals surface area (Å²) in [6, 6.07) is 0. The van der Waals surface area contributed by atoms with Crippen LogP contribution in [0.4, 0.5) is 0 Å². The molecule has 0 saturated heterocycles. The first-order chi connectivity index (χ1) is 4.75. The molecule has 0 radical (unpaired) electrons. The van der Waals surface area contributed by atoms with E-state index < -0.39 is 0 Å². The zero-order chi connectivity index (χ0) is 7.56. The minimum atomic E-state index is 1.06. The van der Waals surface area contributed by atoms with Crippen molar-refractivity contribution < 1.29 is 0 Å². The second-order valence-electron chi connectivity index (χ2n) is 2.34. The molecule has 56 valence electrons. The van der Waals surface area contributed by atoms with Gasteiger partial charge < -0.3 is 4.57 Å². The molecule has 0 aliphatic rings. The minimum absolute atomic E-state index is 1.06. The van der Waals surface area contributed by atoms with Crippen LogP contribution in [0.15, 0.2) is 10.9 Å². The molecule has 0 atom stereocenters. The van der Waals surface area contributed by atoms with Crippen LogP contribution in [0.25, 0.3) is 0 Å².